The van der Waals surface area contributed by atoms with Crippen molar-refractivity contribution in [3.8, 4) is 5.75 Å². The molecule has 2 N–H and O–H groups in total. The number of hydrogen-bond acceptors (Lipinski definition) is 3. The zero-order valence-electron chi connectivity index (χ0n) is 13.7. The molecule has 0 atom stereocenters. The molecule has 0 saturated heterocycles. The topological polar surface area (TPSA) is 50.4 Å². The smallest absolute Gasteiger partial charge is 0.222 e. The first kappa shape index (κ1) is 16.9. The van der Waals surface area contributed by atoms with Gasteiger partial charge in [-0.1, -0.05) is 30.3 Å². The Labute approximate surface area is 137 Å². The molecule has 0 radical (unpaired) electrons. The molecule has 0 aliphatic heterocycles. The van der Waals surface area contributed by atoms with Crippen molar-refractivity contribution in [1.29, 1.82) is 0 Å². The molecule has 2 rings (SSSR count). The number of hydrogen-bond donors (Lipinski definition) is 2. The largest absolute Gasteiger partial charge is 0.491 e. The lowest BCUT2D eigenvalue weighted by molar-refractivity contribution is -0.121. The second-order valence-corrected chi connectivity index (χ2v) is 5.63. The minimum Gasteiger partial charge on any atom is -0.491 e. The SMILES string of the molecule is CC(C)Oc1ccc(NCCC(=O)NCc2ccccc2)cc1. The van der Waals surface area contributed by atoms with Crippen molar-refractivity contribution in [2.75, 3.05) is 11.9 Å². The van der Waals surface area contributed by atoms with Gasteiger partial charge in [-0.25, -0.2) is 0 Å². The fraction of sp³-hybridized carbons (Fsp3) is 0.316. The Bertz CT molecular complexity index is 595. The van der Waals surface area contributed by atoms with E-state index >= 15 is 0 Å². The van der Waals surface area contributed by atoms with Crippen molar-refractivity contribution < 1.29 is 9.53 Å². The molecule has 0 heterocycles. The number of benzene rings is 2. The van der Waals surface area contributed by atoms with Crippen LogP contribution in [-0.4, -0.2) is 18.6 Å². The summed E-state index contributed by atoms with van der Waals surface area (Å²) in [6.07, 6.45) is 0.610. The summed E-state index contributed by atoms with van der Waals surface area (Å²) < 4.78 is 5.59. The minimum atomic E-state index is 0.0427. The number of amides is 1. The molecule has 0 unspecified atom stereocenters. The molecule has 0 spiro atoms. The third kappa shape index (κ3) is 6.43. The standard InChI is InChI=1S/C19H24N2O2/c1-15(2)23-18-10-8-17(9-11-18)20-13-12-19(22)21-14-16-6-4-3-5-7-16/h3-11,15,20H,12-14H2,1-2H3,(H,21,22). The van der Waals surface area contributed by atoms with Gasteiger partial charge in [0.05, 0.1) is 6.10 Å². The van der Waals surface area contributed by atoms with Gasteiger partial charge in [-0.2, -0.15) is 0 Å². The molecule has 1 amide bonds. The number of anilines is 1. The Hall–Kier alpha value is -2.49. The van der Waals surface area contributed by atoms with Crippen LogP contribution < -0.4 is 15.4 Å². The molecule has 2 aromatic rings. The lowest BCUT2D eigenvalue weighted by Crippen LogP contribution is -2.24. The van der Waals surface area contributed by atoms with Gasteiger partial charge in [0.1, 0.15) is 5.75 Å². The summed E-state index contributed by atoms with van der Waals surface area (Å²) in [5, 5.41) is 6.15. The number of nitrogens with one attached hydrogen (secondary N) is 2. The summed E-state index contributed by atoms with van der Waals surface area (Å²) in [6.45, 7) is 5.17. The summed E-state index contributed by atoms with van der Waals surface area (Å²) in [5.74, 6) is 0.896. The van der Waals surface area contributed by atoms with Gasteiger partial charge >= 0.3 is 0 Å². The van der Waals surface area contributed by atoms with E-state index in [0.717, 1.165) is 17.0 Å². The van der Waals surface area contributed by atoms with Crippen LogP contribution in [0, 0.1) is 0 Å². The van der Waals surface area contributed by atoms with E-state index in [0.29, 0.717) is 19.5 Å². The molecule has 122 valence electrons. The van der Waals surface area contributed by atoms with Crippen LogP contribution in [0.3, 0.4) is 0 Å². The zero-order chi connectivity index (χ0) is 16.5. The monoisotopic (exact) mass is 312 g/mol. The molecule has 4 nitrogen and oxygen atoms in total. The maximum atomic E-state index is 11.8. The molecule has 0 aliphatic rings. The van der Waals surface area contributed by atoms with E-state index in [-0.39, 0.29) is 12.0 Å². The third-order valence-electron chi connectivity index (χ3n) is 3.24. The summed E-state index contributed by atoms with van der Waals surface area (Å²) >= 11 is 0. The Kier molecular flexibility index (Phi) is 6.48. The summed E-state index contributed by atoms with van der Waals surface area (Å²) in [6, 6.07) is 17.7. The highest BCUT2D eigenvalue weighted by Crippen LogP contribution is 2.16. The number of carbonyl (C=O) groups excluding carboxylic acids is 1. The van der Waals surface area contributed by atoms with Crippen molar-refractivity contribution in [3.05, 3.63) is 60.2 Å². The van der Waals surface area contributed by atoms with Gasteiger partial charge in [0, 0.05) is 25.2 Å². The van der Waals surface area contributed by atoms with E-state index in [1.54, 1.807) is 0 Å². The lowest BCUT2D eigenvalue weighted by atomic mass is 10.2. The number of ether oxygens (including phenoxy) is 1. The molecule has 0 fully saturated rings. The predicted molar refractivity (Wildman–Crippen MR) is 93.6 cm³/mol. The third-order valence-corrected chi connectivity index (χ3v) is 3.24. The Balaban J connectivity index is 1.67. The van der Waals surface area contributed by atoms with Gasteiger partial charge in [0.15, 0.2) is 0 Å². The summed E-state index contributed by atoms with van der Waals surface area (Å²) in [5.41, 5.74) is 2.09. The second kappa shape index (κ2) is 8.83. The quantitative estimate of drug-likeness (QED) is 0.783. The van der Waals surface area contributed by atoms with Gasteiger partial charge in [-0.05, 0) is 43.7 Å². The maximum absolute atomic E-state index is 11.8. The lowest BCUT2D eigenvalue weighted by Gasteiger charge is -2.11. The molecular weight excluding hydrogens is 288 g/mol. The van der Waals surface area contributed by atoms with E-state index in [9.17, 15) is 4.79 Å². The highest BCUT2D eigenvalue weighted by molar-refractivity contribution is 5.76. The van der Waals surface area contributed by atoms with E-state index in [1.807, 2.05) is 68.4 Å². The fourth-order valence-electron chi connectivity index (χ4n) is 2.13. The van der Waals surface area contributed by atoms with Crippen molar-refractivity contribution in [2.45, 2.75) is 32.9 Å². The van der Waals surface area contributed by atoms with Crippen molar-refractivity contribution >= 4 is 11.6 Å². The fourth-order valence-corrected chi connectivity index (χ4v) is 2.13. The Morgan fingerprint density at radius 1 is 1.04 bits per heavy atom. The van der Waals surface area contributed by atoms with E-state index in [1.165, 1.54) is 0 Å². The molecule has 2 aromatic carbocycles. The van der Waals surface area contributed by atoms with Crippen molar-refractivity contribution in [2.24, 2.45) is 0 Å². The first-order valence-corrected chi connectivity index (χ1v) is 7.94. The molecule has 23 heavy (non-hydrogen) atoms. The molecule has 0 saturated carbocycles. The zero-order valence-corrected chi connectivity index (χ0v) is 13.7. The van der Waals surface area contributed by atoms with Crippen molar-refractivity contribution in [3.63, 3.8) is 0 Å². The number of carbonyl (C=O) groups is 1. The van der Waals surface area contributed by atoms with Crippen LogP contribution in [0.2, 0.25) is 0 Å². The van der Waals surface area contributed by atoms with Gasteiger partial charge in [-0.3, -0.25) is 4.79 Å². The highest BCUT2D eigenvalue weighted by Gasteiger charge is 2.02. The maximum Gasteiger partial charge on any atom is 0.222 e. The summed E-state index contributed by atoms with van der Waals surface area (Å²) in [4.78, 5) is 11.8. The average molecular weight is 312 g/mol. The second-order valence-electron chi connectivity index (χ2n) is 5.63. The Morgan fingerprint density at radius 3 is 2.39 bits per heavy atom. The predicted octanol–water partition coefficient (Wildman–Crippen LogP) is 3.59. The first-order chi connectivity index (χ1) is 11.1. The van der Waals surface area contributed by atoms with Crippen molar-refractivity contribution in [1.82, 2.24) is 5.32 Å². The van der Waals surface area contributed by atoms with E-state index < -0.39 is 0 Å². The molecular formula is C19H24N2O2. The van der Waals surface area contributed by atoms with Crippen LogP contribution in [0.4, 0.5) is 5.69 Å². The van der Waals surface area contributed by atoms with Gasteiger partial charge in [0.25, 0.3) is 0 Å². The molecule has 0 aliphatic carbocycles. The first-order valence-electron chi connectivity index (χ1n) is 7.94. The molecule has 0 aromatic heterocycles. The van der Waals surface area contributed by atoms with Gasteiger partial charge in [-0.15, -0.1) is 0 Å². The number of rotatable bonds is 8. The van der Waals surface area contributed by atoms with E-state index in [2.05, 4.69) is 10.6 Å². The van der Waals surface area contributed by atoms with Gasteiger partial charge < -0.3 is 15.4 Å². The van der Waals surface area contributed by atoms with Crippen LogP contribution in [-0.2, 0) is 11.3 Å². The molecule has 4 heteroatoms. The Morgan fingerprint density at radius 2 is 1.74 bits per heavy atom. The van der Waals surface area contributed by atoms with Gasteiger partial charge in [0.2, 0.25) is 5.91 Å². The van der Waals surface area contributed by atoms with Crippen LogP contribution in [0.15, 0.2) is 54.6 Å². The van der Waals surface area contributed by atoms with Crippen LogP contribution in [0.1, 0.15) is 25.8 Å². The normalized spacial score (nSPS) is 10.4. The van der Waals surface area contributed by atoms with Crippen LogP contribution in [0.5, 0.6) is 5.75 Å². The molecule has 0 bridgehead atoms. The minimum absolute atomic E-state index is 0.0427. The summed E-state index contributed by atoms with van der Waals surface area (Å²) in [7, 11) is 0. The van der Waals surface area contributed by atoms with E-state index in [4.69, 9.17) is 4.74 Å². The van der Waals surface area contributed by atoms with Crippen LogP contribution in [0.25, 0.3) is 0 Å². The average Bonchev–Trinajstić information content (AvgIpc) is 2.55. The van der Waals surface area contributed by atoms with Crippen LogP contribution >= 0.6 is 0 Å². The highest BCUT2D eigenvalue weighted by atomic mass is 16.5.